The van der Waals surface area contributed by atoms with Gasteiger partial charge in [-0.1, -0.05) is 46.3 Å². The lowest BCUT2D eigenvalue weighted by atomic mass is 10.2. The molecule has 7 heteroatoms. The first-order valence-electron chi connectivity index (χ1n) is 8.83. The Labute approximate surface area is 174 Å². The second-order valence-electron chi connectivity index (χ2n) is 6.21. The van der Waals surface area contributed by atoms with E-state index in [0.29, 0.717) is 28.0 Å². The third-order valence-electron chi connectivity index (χ3n) is 4.23. The highest BCUT2D eigenvalue weighted by Gasteiger charge is 2.11. The van der Waals surface area contributed by atoms with Gasteiger partial charge in [-0.3, -0.25) is 4.79 Å². The van der Waals surface area contributed by atoms with Crippen LogP contribution in [0.4, 0.5) is 0 Å². The fourth-order valence-electron chi connectivity index (χ4n) is 2.80. The standard InChI is InChI=1S/C22H16BrN3O3/c23-16-10-11-20(27)15(12-16)13-24-26-21(14-29-17-6-2-1-3-7-17)25-19-9-5-4-8-18(19)22(26)28/h1-13,27H,14H2/b24-13-. The molecule has 1 aromatic heterocycles. The number of phenolic OH excluding ortho intramolecular Hbond substituents is 1. The zero-order chi connectivity index (χ0) is 20.2. The van der Waals surface area contributed by atoms with Crippen molar-refractivity contribution < 1.29 is 9.84 Å². The number of aromatic nitrogens is 2. The zero-order valence-electron chi connectivity index (χ0n) is 15.2. The molecule has 0 bridgehead atoms. The lowest BCUT2D eigenvalue weighted by Crippen LogP contribution is -2.23. The van der Waals surface area contributed by atoms with Crippen molar-refractivity contribution in [1.29, 1.82) is 0 Å². The Morgan fingerprint density at radius 3 is 2.66 bits per heavy atom. The fourth-order valence-corrected chi connectivity index (χ4v) is 3.17. The van der Waals surface area contributed by atoms with Crippen molar-refractivity contribution in [1.82, 2.24) is 9.66 Å². The molecular weight excluding hydrogens is 434 g/mol. The van der Waals surface area contributed by atoms with Crippen LogP contribution < -0.4 is 10.3 Å². The Kier molecular flexibility index (Phi) is 5.39. The molecule has 0 atom stereocenters. The molecule has 0 radical (unpaired) electrons. The van der Waals surface area contributed by atoms with E-state index in [9.17, 15) is 9.90 Å². The van der Waals surface area contributed by atoms with E-state index >= 15 is 0 Å². The zero-order valence-corrected chi connectivity index (χ0v) is 16.8. The Bertz CT molecular complexity index is 1250. The van der Waals surface area contributed by atoms with E-state index in [1.165, 1.54) is 10.9 Å². The molecule has 0 aliphatic heterocycles. The van der Waals surface area contributed by atoms with Crippen LogP contribution in [0.15, 0.2) is 87.2 Å². The molecule has 0 saturated carbocycles. The number of fused-ring (bicyclic) bond motifs is 1. The summed E-state index contributed by atoms with van der Waals surface area (Å²) in [6.07, 6.45) is 1.42. The Morgan fingerprint density at radius 1 is 1.07 bits per heavy atom. The van der Waals surface area contributed by atoms with Gasteiger partial charge in [-0.15, -0.1) is 0 Å². The van der Waals surface area contributed by atoms with Crippen LogP contribution in [0.25, 0.3) is 10.9 Å². The van der Waals surface area contributed by atoms with E-state index in [1.54, 1.807) is 36.4 Å². The van der Waals surface area contributed by atoms with Crippen LogP contribution in [0, 0.1) is 0 Å². The molecule has 0 fully saturated rings. The molecule has 4 rings (SSSR count). The number of phenols is 1. The van der Waals surface area contributed by atoms with Crippen LogP contribution in [0.1, 0.15) is 11.4 Å². The van der Waals surface area contributed by atoms with E-state index in [-0.39, 0.29) is 17.9 Å². The summed E-state index contributed by atoms with van der Waals surface area (Å²) in [5, 5.41) is 14.8. The van der Waals surface area contributed by atoms with Gasteiger partial charge in [-0.05, 0) is 42.5 Å². The molecule has 3 aromatic carbocycles. The molecule has 29 heavy (non-hydrogen) atoms. The number of halogens is 1. The Balaban J connectivity index is 1.77. The SMILES string of the molecule is O=c1c2ccccc2nc(COc2ccccc2)n1/N=C\c1cc(Br)ccc1O. The highest BCUT2D eigenvalue weighted by atomic mass is 79.9. The van der Waals surface area contributed by atoms with Crippen molar-refractivity contribution in [3.63, 3.8) is 0 Å². The molecule has 6 nitrogen and oxygen atoms in total. The molecule has 0 spiro atoms. The van der Waals surface area contributed by atoms with Gasteiger partial charge in [-0.25, -0.2) is 4.98 Å². The Hall–Kier alpha value is -3.45. The van der Waals surface area contributed by atoms with Crippen molar-refractivity contribution in [3.8, 4) is 11.5 Å². The maximum Gasteiger partial charge on any atom is 0.282 e. The summed E-state index contributed by atoms with van der Waals surface area (Å²) in [5.74, 6) is 1.07. The summed E-state index contributed by atoms with van der Waals surface area (Å²) in [6, 6.07) is 21.3. The predicted molar refractivity (Wildman–Crippen MR) is 116 cm³/mol. The van der Waals surface area contributed by atoms with Crippen LogP contribution in [-0.2, 0) is 6.61 Å². The van der Waals surface area contributed by atoms with Gasteiger partial charge in [0.15, 0.2) is 5.82 Å². The van der Waals surface area contributed by atoms with Crippen LogP contribution in [-0.4, -0.2) is 21.0 Å². The number of benzene rings is 3. The van der Waals surface area contributed by atoms with Gasteiger partial charge >= 0.3 is 0 Å². The highest BCUT2D eigenvalue weighted by molar-refractivity contribution is 9.10. The van der Waals surface area contributed by atoms with Crippen LogP contribution in [0.5, 0.6) is 11.5 Å². The lowest BCUT2D eigenvalue weighted by Gasteiger charge is -2.11. The van der Waals surface area contributed by atoms with Gasteiger partial charge in [0.25, 0.3) is 5.56 Å². The second-order valence-corrected chi connectivity index (χ2v) is 7.13. The van der Waals surface area contributed by atoms with Crippen LogP contribution >= 0.6 is 15.9 Å². The molecule has 1 heterocycles. The van der Waals surface area contributed by atoms with Gasteiger partial charge in [0.05, 0.1) is 17.1 Å². The van der Waals surface area contributed by atoms with E-state index in [4.69, 9.17) is 4.74 Å². The van der Waals surface area contributed by atoms with Gasteiger partial charge in [0.2, 0.25) is 0 Å². The minimum atomic E-state index is -0.312. The molecule has 0 aliphatic rings. The first-order valence-corrected chi connectivity index (χ1v) is 9.62. The van der Waals surface area contributed by atoms with Crippen molar-refractivity contribution in [3.05, 3.63) is 99.0 Å². The number of hydrogen-bond acceptors (Lipinski definition) is 5. The molecule has 0 aliphatic carbocycles. The van der Waals surface area contributed by atoms with Gasteiger partial charge in [-0.2, -0.15) is 9.78 Å². The molecule has 144 valence electrons. The van der Waals surface area contributed by atoms with E-state index in [2.05, 4.69) is 26.0 Å². The largest absolute Gasteiger partial charge is 0.507 e. The van der Waals surface area contributed by atoms with E-state index in [1.807, 2.05) is 36.4 Å². The second kappa shape index (κ2) is 8.28. The summed E-state index contributed by atoms with van der Waals surface area (Å²) in [7, 11) is 0. The minimum absolute atomic E-state index is 0.0563. The summed E-state index contributed by atoms with van der Waals surface area (Å²) in [4.78, 5) is 17.6. The smallest absolute Gasteiger partial charge is 0.282 e. The molecule has 0 unspecified atom stereocenters. The van der Waals surface area contributed by atoms with Crippen LogP contribution in [0.3, 0.4) is 0 Å². The first kappa shape index (κ1) is 18.9. The molecule has 1 N–H and O–H groups in total. The average molecular weight is 450 g/mol. The van der Waals surface area contributed by atoms with Crippen molar-refractivity contribution in [2.24, 2.45) is 5.10 Å². The summed E-state index contributed by atoms with van der Waals surface area (Å²) in [6.45, 7) is 0.0614. The number of hydrogen-bond donors (Lipinski definition) is 1. The van der Waals surface area contributed by atoms with Crippen molar-refractivity contribution >= 4 is 33.0 Å². The number of nitrogens with zero attached hydrogens (tertiary/aromatic N) is 3. The maximum absolute atomic E-state index is 13.0. The molecule has 0 saturated heterocycles. The molecule has 0 amide bonds. The van der Waals surface area contributed by atoms with Gasteiger partial charge < -0.3 is 9.84 Å². The number of rotatable bonds is 5. The third-order valence-corrected chi connectivity index (χ3v) is 4.73. The summed E-state index contributed by atoms with van der Waals surface area (Å²) >= 11 is 3.36. The summed E-state index contributed by atoms with van der Waals surface area (Å²) in [5.41, 5.74) is 0.725. The topological polar surface area (TPSA) is 76.7 Å². The van der Waals surface area contributed by atoms with Crippen molar-refractivity contribution in [2.75, 3.05) is 0 Å². The average Bonchev–Trinajstić information content (AvgIpc) is 2.75. The van der Waals surface area contributed by atoms with Crippen molar-refractivity contribution in [2.45, 2.75) is 6.61 Å². The number of ether oxygens (including phenoxy) is 1. The van der Waals surface area contributed by atoms with E-state index in [0.717, 1.165) is 4.47 Å². The fraction of sp³-hybridized carbons (Fsp3) is 0.0455. The van der Waals surface area contributed by atoms with Crippen LogP contribution in [0.2, 0.25) is 0 Å². The third kappa shape index (κ3) is 4.20. The highest BCUT2D eigenvalue weighted by Crippen LogP contribution is 2.20. The number of para-hydroxylation sites is 2. The lowest BCUT2D eigenvalue weighted by molar-refractivity contribution is 0.289. The summed E-state index contributed by atoms with van der Waals surface area (Å²) < 4.78 is 7.76. The van der Waals surface area contributed by atoms with Gasteiger partial charge in [0.1, 0.15) is 18.1 Å². The normalized spacial score (nSPS) is 11.2. The first-order chi connectivity index (χ1) is 14.1. The predicted octanol–water partition coefficient (Wildman–Crippen LogP) is 4.33. The maximum atomic E-state index is 13.0. The Morgan fingerprint density at radius 2 is 1.83 bits per heavy atom. The minimum Gasteiger partial charge on any atom is -0.507 e. The number of aromatic hydroxyl groups is 1. The van der Waals surface area contributed by atoms with E-state index < -0.39 is 0 Å². The monoisotopic (exact) mass is 449 g/mol. The molecular formula is C22H16BrN3O3. The molecule has 4 aromatic rings. The van der Waals surface area contributed by atoms with Gasteiger partial charge in [0, 0.05) is 10.0 Å². The quantitative estimate of drug-likeness (QED) is 0.460.